The van der Waals surface area contributed by atoms with E-state index in [2.05, 4.69) is 4.98 Å². The van der Waals surface area contributed by atoms with Crippen molar-refractivity contribution in [3.8, 4) is 0 Å². The zero-order valence-electron chi connectivity index (χ0n) is 8.57. The standard InChI is InChI=1S/C13H12FN/c1-10-8-11(6-7-15-10)9-12-4-2-3-5-13(12)14/h2-8H,9H2,1H3. The van der Waals surface area contributed by atoms with Crippen molar-refractivity contribution >= 4 is 0 Å². The minimum absolute atomic E-state index is 0.146. The van der Waals surface area contributed by atoms with Crippen LogP contribution in [0.3, 0.4) is 0 Å². The molecule has 0 radical (unpaired) electrons. The van der Waals surface area contributed by atoms with Gasteiger partial charge < -0.3 is 0 Å². The van der Waals surface area contributed by atoms with Crippen molar-refractivity contribution in [2.75, 3.05) is 0 Å². The van der Waals surface area contributed by atoms with E-state index in [9.17, 15) is 4.39 Å². The van der Waals surface area contributed by atoms with E-state index in [0.717, 1.165) is 16.8 Å². The molecular weight excluding hydrogens is 189 g/mol. The van der Waals surface area contributed by atoms with Crippen LogP contribution >= 0.6 is 0 Å². The van der Waals surface area contributed by atoms with Crippen molar-refractivity contribution in [2.45, 2.75) is 13.3 Å². The lowest BCUT2D eigenvalue weighted by Gasteiger charge is -2.03. The number of rotatable bonds is 2. The van der Waals surface area contributed by atoms with E-state index in [1.807, 2.05) is 31.2 Å². The average Bonchev–Trinajstić information content (AvgIpc) is 2.22. The van der Waals surface area contributed by atoms with Crippen LogP contribution in [0.2, 0.25) is 0 Å². The molecule has 0 saturated heterocycles. The van der Waals surface area contributed by atoms with Crippen molar-refractivity contribution in [3.05, 3.63) is 65.2 Å². The smallest absolute Gasteiger partial charge is 0.126 e. The Balaban J connectivity index is 2.26. The topological polar surface area (TPSA) is 12.9 Å². The van der Waals surface area contributed by atoms with Gasteiger partial charge in [0.15, 0.2) is 0 Å². The lowest BCUT2D eigenvalue weighted by atomic mass is 10.1. The molecular formula is C13H12FN. The molecule has 0 N–H and O–H groups in total. The third-order valence-corrected chi connectivity index (χ3v) is 2.31. The summed E-state index contributed by atoms with van der Waals surface area (Å²) >= 11 is 0. The number of benzene rings is 1. The molecule has 2 aromatic rings. The number of halogens is 1. The highest BCUT2D eigenvalue weighted by molar-refractivity contribution is 5.26. The molecule has 0 spiro atoms. The quantitative estimate of drug-likeness (QED) is 0.727. The monoisotopic (exact) mass is 201 g/mol. The van der Waals surface area contributed by atoms with Crippen LogP contribution in [0.1, 0.15) is 16.8 Å². The Morgan fingerprint density at radius 2 is 2.00 bits per heavy atom. The third-order valence-electron chi connectivity index (χ3n) is 2.31. The number of aromatic nitrogens is 1. The number of aryl methyl sites for hydroxylation is 1. The lowest BCUT2D eigenvalue weighted by molar-refractivity contribution is 0.614. The van der Waals surface area contributed by atoms with Gasteiger partial charge in [-0.3, -0.25) is 4.98 Å². The first-order valence-corrected chi connectivity index (χ1v) is 4.90. The van der Waals surface area contributed by atoms with Crippen molar-refractivity contribution in [1.82, 2.24) is 4.98 Å². The van der Waals surface area contributed by atoms with Crippen LogP contribution < -0.4 is 0 Å². The van der Waals surface area contributed by atoms with Crippen LogP contribution in [0.25, 0.3) is 0 Å². The normalized spacial score (nSPS) is 10.3. The van der Waals surface area contributed by atoms with Gasteiger partial charge in [-0.05, 0) is 36.2 Å². The summed E-state index contributed by atoms with van der Waals surface area (Å²) in [6.07, 6.45) is 2.38. The first-order chi connectivity index (χ1) is 7.25. The third kappa shape index (κ3) is 2.40. The maximum atomic E-state index is 13.4. The fourth-order valence-corrected chi connectivity index (χ4v) is 1.58. The van der Waals surface area contributed by atoms with Gasteiger partial charge in [0.1, 0.15) is 5.82 Å². The summed E-state index contributed by atoms with van der Waals surface area (Å²) < 4.78 is 13.4. The van der Waals surface area contributed by atoms with Gasteiger partial charge in [0.05, 0.1) is 0 Å². The summed E-state index contributed by atoms with van der Waals surface area (Å²) in [6, 6.07) is 10.8. The second-order valence-electron chi connectivity index (χ2n) is 3.57. The summed E-state index contributed by atoms with van der Waals surface area (Å²) in [5, 5.41) is 0. The fourth-order valence-electron chi connectivity index (χ4n) is 1.58. The average molecular weight is 201 g/mol. The van der Waals surface area contributed by atoms with E-state index in [1.54, 1.807) is 12.3 Å². The minimum atomic E-state index is -0.146. The second-order valence-corrected chi connectivity index (χ2v) is 3.57. The summed E-state index contributed by atoms with van der Waals surface area (Å²) in [5.41, 5.74) is 2.78. The molecule has 76 valence electrons. The van der Waals surface area contributed by atoms with E-state index in [-0.39, 0.29) is 5.82 Å². The molecule has 0 amide bonds. The van der Waals surface area contributed by atoms with Crippen LogP contribution in [0.5, 0.6) is 0 Å². The molecule has 0 aliphatic carbocycles. The summed E-state index contributed by atoms with van der Waals surface area (Å²) in [6.45, 7) is 1.94. The summed E-state index contributed by atoms with van der Waals surface area (Å²) in [7, 11) is 0. The molecule has 0 aliphatic heterocycles. The zero-order valence-corrected chi connectivity index (χ0v) is 8.57. The predicted molar refractivity (Wildman–Crippen MR) is 58.2 cm³/mol. The maximum absolute atomic E-state index is 13.4. The predicted octanol–water partition coefficient (Wildman–Crippen LogP) is 3.12. The van der Waals surface area contributed by atoms with Crippen molar-refractivity contribution in [2.24, 2.45) is 0 Å². The second kappa shape index (κ2) is 4.22. The largest absolute Gasteiger partial charge is 0.262 e. The number of hydrogen-bond donors (Lipinski definition) is 0. The Bertz CT molecular complexity index is 466. The first kappa shape index (κ1) is 9.84. The van der Waals surface area contributed by atoms with Crippen molar-refractivity contribution in [3.63, 3.8) is 0 Å². The highest BCUT2D eigenvalue weighted by Crippen LogP contribution is 2.12. The van der Waals surface area contributed by atoms with Crippen molar-refractivity contribution in [1.29, 1.82) is 0 Å². The SMILES string of the molecule is Cc1cc(Cc2ccccc2F)ccn1. The highest BCUT2D eigenvalue weighted by atomic mass is 19.1. The Morgan fingerprint density at radius 3 is 2.73 bits per heavy atom. The summed E-state index contributed by atoms with van der Waals surface area (Å²) in [4.78, 5) is 4.11. The summed E-state index contributed by atoms with van der Waals surface area (Å²) in [5.74, 6) is -0.146. The van der Waals surface area contributed by atoms with E-state index in [4.69, 9.17) is 0 Å². The van der Waals surface area contributed by atoms with Gasteiger partial charge in [0.25, 0.3) is 0 Å². The molecule has 0 bridgehead atoms. The van der Waals surface area contributed by atoms with E-state index in [0.29, 0.717) is 6.42 Å². The van der Waals surface area contributed by atoms with Crippen LogP contribution in [0.4, 0.5) is 4.39 Å². The van der Waals surface area contributed by atoms with Crippen molar-refractivity contribution < 1.29 is 4.39 Å². The number of pyridine rings is 1. The molecule has 2 heteroatoms. The Labute approximate surface area is 88.6 Å². The Morgan fingerprint density at radius 1 is 1.20 bits per heavy atom. The van der Waals surface area contributed by atoms with E-state index < -0.39 is 0 Å². The minimum Gasteiger partial charge on any atom is -0.262 e. The van der Waals surface area contributed by atoms with E-state index in [1.165, 1.54) is 6.07 Å². The molecule has 1 nitrogen and oxygen atoms in total. The first-order valence-electron chi connectivity index (χ1n) is 4.90. The van der Waals surface area contributed by atoms with Crippen LogP contribution in [-0.2, 0) is 6.42 Å². The van der Waals surface area contributed by atoms with Gasteiger partial charge in [0.2, 0.25) is 0 Å². The van der Waals surface area contributed by atoms with Gasteiger partial charge in [0, 0.05) is 18.3 Å². The van der Waals surface area contributed by atoms with Gasteiger partial charge in [-0.2, -0.15) is 0 Å². The molecule has 1 heterocycles. The van der Waals surface area contributed by atoms with Crippen LogP contribution in [-0.4, -0.2) is 4.98 Å². The molecule has 1 aromatic carbocycles. The number of hydrogen-bond acceptors (Lipinski definition) is 1. The highest BCUT2D eigenvalue weighted by Gasteiger charge is 2.01. The van der Waals surface area contributed by atoms with Gasteiger partial charge in [-0.1, -0.05) is 18.2 Å². The fraction of sp³-hybridized carbons (Fsp3) is 0.154. The maximum Gasteiger partial charge on any atom is 0.126 e. The van der Waals surface area contributed by atoms with Crippen LogP contribution in [0.15, 0.2) is 42.6 Å². The zero-order chi connectivity index (χ0) is 10.7. The molecule has 15 heavy (non-hydrogen) atoms. The Kier molecular flexibility index (Phi) is 2.77. The van der Waals surface area contributed by atoms with E-state index >= 15 is 0 Å². The van der Waals surface area contributed by atoms with Gasteiger partial charge in [-0.25, -0.2) is 4.39 Å². The molecule has 0 unspecified atom stereocenters. The molecule has 2 rings (SSSR count). The van der Waals surface area contributed by atoms with Crippen LogP contribution in [0, 0.1) is 12.7 Å². The lowest BCUT2D eigenvalue weighted by Crippen LogP contribution is -1.93. The number of nitrogens with zero attached hydrogens (tertiary/aromatic N) is 1. The van der Waals surface area contributed by atoms with Gasteiger partial charge in [-0.15, -0.1) is 0 Å². The molecule has 0 aliphatic rings. The molecule has 1 aromatic heterocycles. The molecule has 0 fully saturated rings. The molecule has 0 saturated carbocycles. The Hall–Kier alpha value is -1.70. The molecule has 0 atom stereocenters. The van der Waals surface area contributed by atoms with Gasteiger partial charge >= 0.3 is 0 Å².